The van der Waals surface area contributed by atoms with Crippen molar-refractivity contribution in [3.05, 3.63) is 83.1 Å². The highest BCUT2D eigenvalue weighted by Gasteiger charge is 2.18. The number of hydrogen-bond acceptors (Lipinski definition) is 5. The Labute approximate surface area is 173 Å². The fourth-order valence-corrected chi connectivity index (χ4v) is 2.80. The summed E-state index contributed by atoms with van der Waals surface area (Å²) in [5.41, 5.74) is 1.68. The number of carbonyl (C=O) groups is 3. The van der Waals surface area contributed by atoms with Crippen molar-refractivity contribution in [2.75, 3.05) is 19.4 Å². The summed E-state index contributed by atoms with van der Waals surface area (Å²) >= 11 is 0. The van der Waals surface area contributed by atoms with Crippen LogP contribution in [0.2, 0.25) is 0 Å². The van der Waals surface area contributed by atoms with Gasteiger partial charge in [0.2, 0.25) is 0 Å². The average Bonchev–Trinajstić information content (AvgIpc) is 3.25. The maximum atomic E-state index is 12.8. The lowest BCUT2D eigenvalue weighted by Crippen LogP contribution is -2.25. The van der Waals surface area contributed by atoms with Gasteiger partial charge in [-0.1, -0.05) is 12.1 Å². The Morgan fingerprint density at radius 3 is 2.40 bits per heavy atom. The summed E-state index contributed by atoms with van der Waals surface area (Å²) in [6.45, 7) is 1.89. The number of carbonyl (C=O) groups excluding carboxylic acids is 3. The van der Waals surface area contributed by atoms with Crippen molar-refractivity contribution in [1.82, 2.24) is 15.2 Å². The molecule has 8 nitrogen and oxygen atoms in total. The number of para-hydroxylation sites is 1. The van der Waals surface area contributed by atoms with E-state index in [0.717, 1.165) is 0 Å². The predicted molar refractivity (Wildman–Crippen MR) is 111 cm³/mol. The Bertz CT molecular complexity index is 1070. The molecule has 0 saturated carbocycles. The molecule has 0 spiro atoms. The van der Waals surface area contributed by atoms with Crippen LogP contribution in [0.1, 0.15) is 42.7 Å². The molecule has 0 atom stereocenters. The van der Waals surface area contributed by atoms with E-state index in [1.807, 2.05) is 0 Å². The zero-order valence-electron chi connectivity index (χ0n) is 16.9. The zero-order valence-corrected chi connectivity index (χ0v) is 16.9. The smallest absolute Gasteiger partial charge is 0.271 e. The minimum atomic E-state index is -0.421. The van der Waals surface area contributed by atoms with Crippen LogP contribution >= 0.6 is 0 Å². The van der Waals surface area contributed by atoms with Gasteiger partial charge in [-0.05, 0) is 43.3 Å². The summed E-state index contributed by atoms with van der Waals surface area (Å²) in [5, 5.41) is 5.51. The van der Waals surface area contributed by atoms with Crippen molar-refractivity contribution in [3.63, 3.8) is 0 Å². The van der Waals surface area contributed by atoms with Crippen LogP contribution < -0.4 is 10.6 Å². The van der Waals surface area contributed by atoms with Crippen LogP contribution in [-0.4, -0.2) is 41.7 Å². The maximum Gasteiger partial charge on any atom is 0.271 e. The quantitative estimate of drug-likeness (QED) is 0.655. The van der Waals surface area contributed by atoms with Crippen molar-refractivity contribution in [2.45, 2.75) is 13.5 Å². The lowest BCUT2D eigenvalue weighted by molar-refractivity contribution is 0.0820. The molecule has 8 heteroatoms. The third-order valence-corrected chi connectivity index (χ3v) is 4.38. The number of hydrogen-bond donors (Lipinski definition) is 2. The van der Waals surface area contributed by atoms with E-state index in [9.17, 15) is 14.4 Å². The molecule has 30 heavy (non-hydrogen) atoms. The van der Waals surface area contributed by atoms with Gasteiger partial charge in [-0.15, -0.1) is 0 Å². The number of amides is 3. The Kier molecular flexibility index (Phi) is 6.26. The molecule has 3 rings (SSSR count). The van der Waals surface area contributed by atoms with Gasteiger partial charge < -0.3 is 20.0 Å². The monoisotopic (exact) mass is 406 g/mol. The van der Waals surface area contributed by atoms with Crippen LogP contribution in [-0.2, 0) is 6.54 Å². The number of furan rings is 1. The number of anilines is 1. The highest BCUT2D eigenvalue weighted by molar-refractivity contribution is 6.09. The number of nitrogens with one attached hydrogen (secondary N) is 2. The van der Waals surface area contributed by atoms with Gasteiger partial charge in [-0.25, -0.2) is 4.98 Å². The van der Waals surface area contributed by atoms with Gasteiger partial charge in [0.15, 0.2) is 0 Å². The topological polar surface area (TPSA) is 105 Å². The van der Waals surface area contributed by atoms with Gasteiger partial charge >= 0.3 is 0 Å². The second-order valence-electron chi connectivity index (χ2n) is 6.79. The maximum absolute atomic E-state index is 12.8. The molecule has 0 aliphatic heterocycles. The molecular weight excluding hydrogens is 384 g/mol. The zero-order chi connectivity index (χ0) is 21.7. The van der Waals surface area contributed by atoms with Gasteiger partial charge in [-0.3, -0.25) is 14.4 Å². The second kappa shape index (κ2) is 9.04. The van der Waals surface area contributed by atoms with E-state index in [2.05, 4.69) is 15.6 Å². The van der Waals surface area contributed by atoms with Crippen LogP contribution in [0.25, 0.3) is 0 Å². The van der Waals surface area contributed by atoms with E-state index >= 15 is 0 Å². The third-order valence-electron chi connectivity index (χ3n) is 4.38. The first-order valence-electron chi connectivity index (χ1n) is 9.27. The van der Waals surface area contributed by atoms with Gasteiger partial charge in [0.1, 0.15) is 11.5 Å². The first kappa shape index (κ1) is 20.8. The summed E-state index contributed by atoms with van der Waals surface area (Å²) in [4.78, 5) is 43.0. The fourth-order valence-electron chi connectivity index (χ4n) is 2.80. The molecule has 2 heterocycles. The molecule has 154 valence electrons. The number of benzene rings is 1. The van der Waals surface area contributed by atoms with Crippen molar-refractivity contribution < 1.29 is 18.8 Å². The van der Waals surface area contributed by atoms with E-state index < -0.39 is 5.91 Å². The Hall–Kier alpha value is -3.94. The van der Waals surface area contributed by atoms with Gasteiger partial charge in [-0.2, -0.15) is 0 Å². The first-order chi connectivity index (χ1) is 14.4. The fraction of sp³-hybridized carbons (Fsp3) is 0.182. The summed E-state index contributed by atoms with van der Waals surface area (Å²) in [5.74, 6) is -0.387. The Morgan fingerprint density at radius 2 is 1.73 bits per heavy atom. The molecular formula is C22H22N4O4. The summed E-state index contributed by atoms with van der Waals surface area (Å²) in [6, 6.07) is 13.3. The molecule has 3 aromatic rings. The van der Waals surface area contributed by atoms with E-state index in [4.69, 9.17) is 4.42 Å². The third kappa shape index (κ3) is 4.72. The predicted octanol–water partition coefficient (Wildman–Crippen LogP) is 2.87. The van der Waals surface area contributed by atoms with Gasteiger partial charge in [0, 0.05) is 14.1 Å². The van der Waals surface area contributed by atoms with E-state index in [-0.39, 0.29) is 24.1 Å². The van der Waals surface area contributed by atoms with Crippen LogP contribution in [0, 0.1) is 6.92 Å². The summed E-state index contributed by atoms with van der Waals surface area (Å²) < 4.78 is 5.21. The van der Waals surface area contributed by atoms with Crippen molar-refractivity contribution in [2.24, 2.45) is 0 Å². The minimum absolute atomic E-state index is 0.235. The molecule has 0 saturated heterocycles. The molecule has 2 N–H and O–H groups in total. The van der Waals surface area contributed by atoms with Crippen molar-refractivity contribution in [3.8, 4) is 0 Å². The normalized spacial score (nSPS) is 10.4. The van der Waals surface area contributed by atoms with E-state index in [1.54, 1.807) is 63.5 Å². The number of nitrogens with zero attached hydrogens (tertiary/aromatic N) is 2. The molecule has 0 aliphatic carbocycles. The van der Waals surface area contributed by atoms with E-state index in [1.165, 1.54) is 17.2 Å². The van der Waals surface area contributed by atoms with Crippen LogP contribution in [0.3, 0.4) is 0 Å². The highest BCUT2D eigenvalue weighted by atomic mass is 16.3. The number of pyridine rings is 1. The highest BCUT2D eigenvalue weighted by Crippen LogP contribution is 2.18. The Balaban J connectivity index is 1.75. The van der Waals surface area contributed by atoms with E-state index in [0.29, 0.717) is 28.3 Å². The lowest BCUT2D eigenvalue weighted by Gasteiger charge is -2.13. The second-order valence-corrected chi connectivity index (χ2v) is 6.79. The summed E-state index contributed by atoms with van der Waals surface area (Å²) in [7, 11) is 3.27. The first-order valence-corrected chi connectivity index (χ1v) is 9.27. The van der Waals surface area contributed by atoms with Crippen LogP contribution in [0.4, 0.5) is 5.69 Å². The summed E-state index contributed by atoms with van der Waals surface area (Å²) in [6.07, 6.45) is 1.53. The number of rotatable bonds is 6. The minimum Gasteiger partial charge on any atom is -0.467 e. The Morgan fingerprint density at radius 1 is 0.967 bits per heavy atom. The average molecular weight is 406 g/mol. The molecule has 0 fully saturated rings. The van der Waals surface area contributed by atoms with Gasteiger partial charge in [0.05, 0.1) is 35.3 Å². The molecule has 0 aliphatic rings. The molecule has 3 amide bonds. The molecule has 0 bridgehead atoms. The molecule has 2 aromatic heterocycles. The SMILES string of the molecule is Cc1nc(C(=O)N(C)C)ccc1C(=O)Nc1ccccc1C(=O)NCc1ccco1. The lowest BCUT2D eigenvalue weighted by atomic mass is 10.1. The molecule has 0 unspecified atom stereocenters. The number of aromatic nitrogens is 1. The molecule has 0 radical (unpaired) electrons. The van der Waals surface area contributed by atoms with Crippen molar-refractivity contribution in [1.29, 1.82) is 0 Å². The van der Waals surface area contributed by atoms with Crippen LogP contribution in [0.5, 0.6) is 0 Å². The van der Waals surface area contributed by atoms with Crippen molar-refractivity contribution >= 4 is 23.4 Å². The van der Waals surface area contributed by atoms with Gasteiger partial charge in [0.25, 0.3) is 17.7 Å². The number of aryl methyl sites for hydroxylation is 1. The van der Waals surface area contributed by atoms with Crippen LogP contribution in [0.15, 0.2) is 59.2 Å². The standard InChI is InChI=1S/C22H22N4O4/c1-14-16(10-11-19(24-14)22(29)26(2)3)21(28)25-18-9-5-4-8-17(18)20(27)23-13-15-7-6-12-30-15/h4-12H,13H2,1-3H3,(H,23,27)(H,25,28). The molecule has 1 aromatic carbocycles. The largest absolute Gasteiger partial charge is 0.467 e.